The lowest BCUT2D eigenvalue weighted by Gasteiger charge is -1.97. The highest BCUT2D eigenvalue weighted by Crippen LogP contribution is 2.27. The minimum absolute atomic E-state index is 0.740. The number of aromatic nitrogens is 4. The summed E-state index contributed by atoms with van der Waals surface area (Å²) in [4.78, 5) is 1.48. The molecule has 1 fully saturated rings. The summed E-state index contributed by atoms with van der Waals surface area (Å²) in [5, 5.41) is 15.0. The Morgan fingerprint density at radius 3 is 3.00 bits per heavy atom. The van der Waals surface area contributed by atoms with Crippen LogP contribution in [0.1, 0.15) is 18.7 Å². The van der Waals surface area contributed by atoms with Gasteiger partial charge in [0.2, 0.25) is 0 Å². The van der Waals surface area contributed by atoms with E-state index in [1.807, 2.05) is 0 Å². The van der Waals surface area contributed by atoms with Gasteiger partial charge in [-0.2, -0.15) is 4.80 Å². The van der Waals surface area contributed by atoms with Gasteiger partial charge in [-0.3, -0.25) is 0 Å². The molecule has 5 heteroatoms. The van der Waals surface area contributed by atoms with Crippen molar-refractivity contribution in [3.05, 3.63) is 5.82 Å². The Kier molecular flexibility index (Phi) is 2.03. The van der Waals surface area contributed by atoms with Crippen LogP contribution in [0.2, 0.25) is 0 Å². The predicted molar refractivity (Wildman–Crippen MR) is 43.2 cm³/mol. The zero-order chi connectivity index (χ0) is 8.39. The summed E-state index contributed by atoms with van der Waals surface area (Å²) in [6.07, 6.45) is 2.75. The highest BCUT2D eigenvalue weighted by atomic mass is 15.6. The van der Waals surface area contributed by atoms with Crippen molar-refractivity contribution in [3.63, 3.8) is 0 Å². The van der Waals surface area contributed by atoms with Crippen LogP contribution in [0, 0.1) is 5.92 Å². The molecule has 5 nitrogen and oxygen atoms in total. The Morgan fingerprint density at radius 1 is 1.58 bits per heavy atom. The van der Waals surface area contributed by atoms with Gasteiger partial charge in [0.1, 0.15) is 0 Å². The van der Waals surface area contributed by atoms with Crippen LogP contribution in [0.5, 0.6) is 0 Å². The molecule has 1 aliphatic carbocycles. The van der Waals surface area contributed by atoms with Crippen molar-refractivity contribution >= 4 is 0 Å². The van der Waals surface area contributed by atoms with E-state index in [2.05, 4.69) is 20.7 Å². The molecule has 0 bridgehead atoms. The van der Waals surface area contributed by atoms with E-state index >= 15 is 0 Å². The smallest absolute Gasteiger partial charge is 0.188 e. The molecule has 0 unspecified atom stereocenters. The fraction of sp³-hybridized carbons (Fsp3) is 0.857. The van der Waals surface area contributed by atoms with E-state index in [1.54, 1.807) is 7.05 Å². The van der Waals surface area contributed by atoms with Crippen molar-refractivity contribution in [2.75, 3.05) is 6.54 Å². The number of nitrogens with one attached hydrogen (secondary N) is 1. The maximum absolute atomic E-state index is 4.06. The average Bonchev–Trinajstić information content (AvgIpc) is 2.76. The predicted octanol–water partition coefficient (Wildman–Crippen LogP) is -0.290. The third-order valence-corrected chi connectivity index (χ3v) is 1.96. The fourth-order valence-electron chi connectivity index (χ4n) is 1.10. The summed E-state index contributed by atoms with van der Waals surface area (Å²) in [7, 11) is 1.78. The van der Waals surface area contributed by atoms with Crippen LogP contribution in [0.15, 0.2) is 0 Å². The lowest BCUT2D eigenvalue weighted by molar-refractivity contribution is 0.605. The van der Waals surface area contributed by atoms with Gasteiger partial charge in [-0.25, -0.2) is 0 Å². The third kappa shape index (κ3) is 2.01. The second-order valence-corrected chi connectivity index (χ2v) is 3.27. The van der Waals surface area contributed by atoms with Crippen LogP contribution < -0.4 is 5.32 Å². The number of tetrazole rings is 1. The zero-order valence-electron chi connectivity index (χ0n) is 7.19. The van der Waals surface area contributed by atoms with Crippen molar-refractivity contribution in [1.82, 2.24) is 25.5 Å². The van der Waals surface area contributed by atoms with Crippen LogP contribution in [0.25, 0.3) is 0 Å². The standard InChI is InChI=1S/C7H13N5/c1-12-10-7(9-11-12)5-8-4-6-2-3-6/h6,8H,2-5H2,1H3. The van der Waals surface area contributed by atoms with Gasteiger partial charge in [0.25, 0.3) is 0 Å². The number of rotatable bonds is 4. The number of nitrogens with zero attached hydrogens (tertiary/aromatic N) is 4. The molecule has 0 aliphatic heterocycles. The van der Waals surface area contributed by atoms with Crippen LogP contribution in [0.4, 0.5) is 0 Å². The molecule has 1 aromatic rings. The van der Waals surface area contributed by atoms with Crippen molar-refractivity contribution < 1.29 is 0 Å². The first kappa shape index (κ1) is 7.67. The van der Waals surface area contributed by atoms with Gasteiger partial charge in [0, 0.05) is 0 Å². The molecule has 0 aromatic carbocycles. The maximum atomic E-state index is 4.06. The van der Waals surface area contributed by atoms with Crippen LogP contribution in [0.3, 0.4) is 0 Å². The van der Waals surface area contributed by atoms with E-state index in [4.69, 9.17) is 0 Å². The fourth-order valence-corrected chi connectivity index (χ4v) is 1.10. The molecule has 66 valence electrons. The Labute approximate surface area is 71.1 Å². The van der Waals surface area contributed by atoms with Gasteiger partial charge >= 0.3 is 0 Å². The van der Waals surface area contributed by atoms with Gasteiger partial charge in [-0.15, -0.1) is 10.2 Å². The van der Waals surface area contributed by atoms with Gasteiger partial charge in [0.15, 0.2) is 5.82 Å². The molecule has 2 rings (SSSR count). The molecule has 0 spiro atoms. The second-order valence-electron chi connectivity index (χ2n) is 3.27. The minimum Gasteiger partial charge on any atom is -0.309 e. The minimum atomic E-state index is 0.740. The van der Waals surface area contributed by atoms with Gasteiger partial charge in [0.05, 0.1) is 13.6 Å². The maximum Gasteiger partial charge on any atom is 0.188 e. The molecule has 1 aliphatic rings. The van der Waals surface area contributed by atoms with E-state index in [0.717, 1.165) is 24.8 Å². The Bertz CT molecular complexity index is 252. The Balaban J connectivity index is 1.71. The summed E-state index contributed by atoms with van der Waals surface area (Å²) >= 11 is 0. The molecule has 1 aromatic heterocycles. The summed E-state index contributed by atoms with van der Waals surface area (Å²) in [5.74, 6) is 1.68. The topological polar surface area (TPSA) is 55.6 Å². The largest absolute Gasteiger partial charge is 0.309 e. The highest BCUT2D eigenvalue weighted by Gasteiger charge is 2.20. The summed E-state index contributed by atoms with van der Waals surface area (Å²) < 4.78 is 0. The van der Waals surface area contributed by atoms with Crippen LogP contribution in [-0.2, 0) is 13.6 Å². The normalized spacial score (nSPS) is 16.8. The monoisotopic (exact) mass is 167 g/mol. The van der Waals surface area contributed by atoms with Crippen molar-refractivity contribution in [2.24, 2.45) is 13.0 Å². The first-order valence-corrected chi connectivity index (χ1v) is 4.28. The SMILES string of the molecule is Cn1nnc(CNCC2CC2)n1. The van der Waals surface area contributed by atoms with Crippen LogP contribution in [-0.4, -0.2) is 26.8 Å². The summed E-state index contributed by atoms with van der Waals surface area (Å²) in [5.41, 5.74) is 0. The average molecular weight is 167 g/mol. The van der Waals surface area contributed by atoms with Gasteiger partial charge in [-0.05, 0) is 30.5 Å². The molecule has 12 heavy (non-hydrogen) atoms. The van der Waals surface area contributed by atoms with Gasteiger partial charge < -0.3 is 5.32 Å². The molecular weight excluding hydrogens is 154 g/mol. The second kappa shape index (κ2) is 3.18. The molecule has 1 saturated carbocycles. The van der Waals surface area contributed by atoms with E-state index in [0.29, 0.717) is 0 Å². The number of hydrogen-bond donors (Lipinski definition) is 1. The Morgan fingerprint density at radius 2 is 2.42 bits per heavy atom. The lowest BCUT2D eigenvalue weighted by Crippen LogP contribution is -2.17. The molecule has 1 heterocycles. The molecule has 0 atom stereocenters. The van der Waals surface area contributed by atoms with Crippen molar-refractivity contribution in [3.8, 4) is 0 Å². The summed E-state index contributed by atoms with van der Waals surface area (Å²) in [6.45, 7) is 1.84. The molecule has 1 N–H and O–H groups in total. The van der Waals surface area contributed by atoms with Gasteiger partial charge in [-0.1, -0.05) is 0 Å². The number of aryl methyl sites for hydroxylation is 1. The highest BCUT2D eigenvalue weighted by molar-refractivity contribution is 4.79. The van der Waals surface area contributed by atoms with E-state index < -0.39 is 0 Å². The number of hydrogen-bond acceptors (Lipinski definition) is 4. The third-order valence-electron chi connectivity index (χ3n) is 1.96. The lowest BCUT2D eigenvalue weighted by atomic mass is 10.4. The van der Waals surface area contributed by atoms with Crippen LogP contribution >= 0.6 is 0 Å². The molecule has 0 saturated heterocycles. The first-order valence-electron chi connectivity index (χ1n) is 4.28. The van der Waals surface area contributed by atoms with E-state index in [9.17, 15) is 0 Å². The van der Waals surface area contributed by atoms with Crippen molar-refractivity contribution in [2.45, 2.75) is 19.4 Å². The van der Waals surface area contributed by atoms with Crippen molar-refractivity contribution in [1.29, 1.82) is 0 Å². The quantitative estimate of drug-likeness (QED) is 0.669. The van der Waals surface area contributed by atoms with E-state index in [-0.39, 0.29) is 0 Å². The summed E-state index contributed by atoms with van der Waals surface area (Å²) in [6, 6.07) is 0. The Hall–Kier alpha value is -0.970. The zero-order valence-corrected chi connectivity index (χ0v) is 7.19. The first-order chi connectivity index (χ1) is 5.84. The molecular formula is C7H13N5. The van der Waals surface area contributed by atoms with E-state index in [1.165, 1.54) is 17.6 Å². The molecule has 0 amide bonds. The molecule has 0 radical (unpaired) electrons.